The van der Waals surface area contributed by atoms with Crippen molar-refractivity contribution in [3.63, 3.8) is 0 Å². The molecule has 2 N–H and O–H groups in total. The fourth-order valence-electron chi connectivity index (χ4n) is 9.64. The van der Waals surface area contributed by atoms with Gasteiger partial charge in [0, 0.05) is 33.4 Å². The smallest absolute Gasteiger partial charge is 0.0939 e. The van der Waals surface area contributed by atoms with Crippen molar-refractivity contribution in [3.8, 4) is 27.9 Å². The van der Waals surface area contributed by atoms with E-state index in [-0.39, 0.29) is 0 Å². The Morgan fingerprint density at radius 1 is 0.464 bits per heavy atom. The van der Waals surface area contributed by atoms with Crippen molar-refractivity contribution in [1.82, 2.24) is 4.57 Å². The molecule has 1 heterocycles. The van der Waals surface area contributed by atoms with Gasteiger partial charge < -0.3 is 10.3 Å². The van der Waals surface area contributed by atoms with Gasteiger partial charge in [-0.25, -0.2) is 0 Å². The highest BCUT2D eigenvalue weighted by Crippen LogP contribution is 2.57. The van der Waals surface area contributed by atoms with Gasteiger partial charge in [0.15, 0.2) is 0 Å². The number of nitrogens with two attached hydrogens (primary N) is 1. The Balaban J connectivity index is 1.19. The number of rotatable bonds is 5. The molecule has 3 nitrogen and oxygen atoms in total. The van der Waals surface area contributed by atoms with Crippen LogP contribution in [-0.2, 0) is 5.41 Å². The van der Waals surface area contributed by atoms with Crippen LogP contribution in [0.15, 0.2) is 193 Å². The van der Waals surface area contributed by atoms with Crippen LogP contribution in [0.25, 0.3) is 71.3 Å². The first-order valence-electron chi connectivity index (χ1n) is 19.3. The summed E-state index contributed by atoms with van der Waals surface area (Å²) in [7, 11) is 0. The van der Waals surface area contributed by atoms with Crippen LogP contribution in [0, 0.1) is 0 Å². The SMILES string of the molecule is CC=Nc1c(N)c2ccc(-c3ccc4c(c3)C(c3ccccc3)(c3ccccc3)c3cc(-n5c6ccccc6c6ccccc65)ccc3-4)cc2c2ccccc12. The second-order valence-electron chi connectivity index (χ2n) is 14.8. The van der Waals surface area contributed by atoms with Gasteiger partial charge in [-0.3, -0.25) is 4.99 Å². The van der Waals surface area contributed by atoms with Crippen LogP contribution in [-0.4, -0.2) is 10.8 Å². The molecule has 11 rings (SSSR count). The van der Waals surface area contributed by atoms with Crippen LogP contribution < -0.4 is 5.73 Å². The second kappa shape index (κ2) is 12.4. The van der Waals surface area contributed by atoms with E-state index in [1.807, 2.05) is 13.1 Å². The molecule has 1 aromatic heterocycles. The maximum absolute atomic E-state index is 6.84. The maximum atomic E-state index is 6.84. The normalized spacial score (nSPS) is 13.2. The van der Waals surface area contributed by atoms with Crippen LogP contribution in [0.4, 0.5) is 11.4 Å². The van der Waals surface area contributed by atoms with E-state index in [4.69, 9.17) is 10.7 Å². The average Bonchev–Trinajstić information content (AvgIpc) is 3.75. The summed E-state index contributed by atoms with van der Waals surface area (Å²) in [5.74, 6) is 0. The summed E-state index contributed by atoms with van der Waals surface area (Å²) in [6, 6.07) is 69.0. The van der Waals surface area contributed by atoms with E-state index in [9.17, 15) is 0 Å². The first kappa shape index (κ1) is 32.2. The fourth-order valence-corrected chi connectivity index (χ4v) is 9.64. The van der Waals surface area contributed by atoms with E-state index in [1.165, 1.54) is 55.2 Å². The summed E-state index contributed by atoms with van der Waals surface area (Å²) in [4.78, 5) is 4.70. The molecule has 56 heavy (non-hydrogen) atoms. The lowest BCUT2D eigenvalue weighted by Crippen LogP contribution is -2.28. The highest BCUT2D eigenvalue weighted by Gasteiger charge is 2.46. The Bertz CT molecular complexity index is 3120. The lowest BCUT2D eigenvalue weighted by Gasteiger charge is -2.34. The van der Waals surface area contributed by atoms with Crippen molar-refractivity contribution < 1.29 is 0 Å². The molecular formula is C53H37N3. The number of para-hydroxylation sites is 2. The van der Waals surface area contributed by atoms with Gasteiger partial charge in [0.2, 0.25) is 0 Å². The van der Waals surface area contributed by atoms with E-state index < -0.39 is 5.41 Å². The zero-order chi connectivity index (χ0) is 37.4. The largest absolute Gasteiger partial charge is 0.396 e. The Morgan fingerprint density at radius 2 is 0.982 bits per heavy atom. The predicted molar refractivity (Wildman–Crippen MR) is 237 cm³/mol. The molecule has 1 aliphatic rings. The number of benzene rings is 9. The third kappa shape index (κ3) is 4.49. The number of fused-ring (bicyclic) bond motifs is 9. The first-order chi connectivity index (χ1) is 27.7. The topological polar surface area (TPSA) is 43.3 Å². The third-order valence-electron chi connectivity index (χ3n) is 12.0. The van der Waals surface area contributed by atoms with Gasteiger partial charge in [-0.1, -0.05) is 152 Å². The van der Waals surface area contributed by atoms with Crippen LogP contribution in [0.3, 0.4) is 0 Å². The molecule has 3 heteroatoms. The highest BCUT2D eigenvalue weighted by atomic mass is 15.0. The third-order valence-corrected chi connectivity index (χ3v) is 12.0. The molecule has 0 atom stereocenters. The molecule has 9 aromatic carbocycles. The van der Waals surface area contributed by atoms with Crippen LogP contribution in [0.5, 0.6) is 0 Å². The van der Waals surface area contributed by atoms with Gasteiger partial charge in [-0.05, 0) is 98.6 Å². The molecule has 0 saturated carbocycles. The Hall–Kier alpha value is -7.23. The van der Waals surface area contributed by atoms with Gasteiger partial charge in [-0.15, -0.1) is 0 Å². The summed E-state index contributed by atoms with van der Waals surface area (Å²) < 4.78 is 2.43. The average molecular weight is 716 g/mol. The summed E-state index contributed by atoms with van der Waals surface area (Å²) >= 11 is 0. The van der Waals surface area contributed by atoms with Crippen molar-refractivity contribution in [1.29, 1.82) is 0 Å². The lowest BCUT2D eigenvalue weighted by atomic mass is 9.67. The zero-order valence-electron chi connectivity index (χ0n) is 30.9. The highest BCUT2D eigenvalue weighted by molar-refractivity contribution is 6.20. The molecule has 0 bridgehead atoms. The minimum Gasteiger partial charge on any atom is -0.396 e. The molecule has 0 saturated heterocycles. The number of hydrogen-bond acceptors (Lipinski definition) is 2. The van der Waals surface area contributed by atoms with Gasteiger partial charge in [-0.2, -0.15) is 0 Å². The molecule has 0 unspecified atom stereocenters. The molecule has 0 fully saturated rings. The van der Waals surface area contributed by atoms with Gasteiger partial charge in [0.1, 0.15) is 0 Å². The molecular weight excluding hydrogens is 679 g/mol. The molecule has 0 radical (unpaired) electrons. The van der Waals surface area contributed by atoms with Crippen LogP contribution in [0.1, 0.15) is 29.2 Å². The summed E-state index contributed by atoms with van der Waals surface area (Å²) in [5.41, 5.74) is 21.2. The minimum atomic E-state index is -0.570. The number of nitrogens with zero attached hydrogens (tertiary/aromatic N) is 2. The van der Waals surface area contributed by atoms with Crippen molar-refractivity contribution in [2.75, 3.05) is 5.73 Å². The number of aliphatic imine (C=N–C) groups is 1. The quantitative estimate of drug-likeness (QED) is 0.108. The molecule has 0 aliphatic heterocycles. The van der Waals surface area contributed by atoms with Crippen LogP contribution in [0.2, 0.25) is 0 Å². The van der Waals surface area contributed by atoms with Gasteiger partial charge >= 0.3 is 0 Å². The Kier molecular flexibility index (Phi) is 7.14. The first-order valence-corrected chi connectivity index (χ1v) is 19.3. The van der Waals surface area contributed by atoms with Gasteiger partial charge in [0.25, 0.3) is 0 Å². The Morgan fingerprint density at radius 3 is 1.62 bits per heavy atom. The number of nitrogen functional groups attached to an aromatic ring is 1. The van der Waals surface area contributed by atoms with E-state index in [1.54, 1.807) is 0 Å². The molecule has 0 spiro atoms. The predicted octanol–water partition coefficient (Wildman–Crippen LogP) is 13.4. The van der Waals surface area contributed by atoms with E-state index >= 15 is 0 Å². The molecule has 0 amide bonds. The van der Waals surface area contributed by atoms with E-state index in [2.05, 4.69) is 193 Å². The van der Waals surface area contributed by atoms with Crippen molar-refractivity contribution in [2.45, 2.75) is 12.3 Å². The molecule has 264 valence electrons. The Labute approximate surface area is 325 Å². The summed E-state index contributed by atoms with van der Waals surface area (Å²) in [6.45, 7) is 1.93. The number of anilines is 1. The lowest BCUT2D eigenvalue weighted by molar-refractivity contribution is 0.768. The zero-order valence-corrected chi connectivity index (χ0v) is 30.9. The van der Waals surface area contributed by atoms with E-state index in [0.29, 0.717) is 5.69 Å². The minimum absolute atomic E-state index is 0.570. The summed E-state index contributed by atoms with van der Waals surface area (Å²) in [5, 5.41) is 6.86. The number of aromatic nitrogens is 1. The van der Waals surface area contributed by atoms with E-state index in [0.717, 1.165) is 44.0 Å². The van der Waals surface area contributed by atoms with Crippen molar-refractivity contribution in [2.24, 2.45) is 4.99 Å². The maximum Gasteiger partial charge on any atom is 0.0939 e. The van der Waals surface area contributed by atoms with Crippen molar-refractivity contribution in [3.05, 3.63) is 210 Å². The van der Waals surface area contributed by atoms with Crippen LogP contribution >= 0.6 is 0 Å². The van der Waals surface area contributed by atoms with Crippen molar-refractivity contribution >= 4 is 60.9 Å². The molecule has 10 aromatic rings. The number of hydrogen-bond donors (Lipinski definition) is 1. The standard InChI is InChI=1S/C53H37N3/c1-2-55-52-45-22-10-9-19-39(45)46-31-34(26-29-44(46)51(52)54)35-25-28-40-41-30-27-38(56-49-23-13-11-20-42(49)43-21-12-14-24-50(43)56)33-48(41)53(47(40)32-35,36-15-5-3-6-16-36)37-17-7-4-8-18-37/h2-33H,54H2,1H3. The summed E-state index contributed by atoms with van der Waals surface area (Å²) in [6.07, 6.45) is 1.82. The molecule has 1 aliphatic carbocycles. The monoisotopic (exact) mass is 715 g/mol. The second-order valence-corrected chi connectivity index (χ2v) is 14.8. The van der Waals surface area contributed by atoms with Gasteiger partial charge in [0.05, 0.1) is 27.8 Å². The fraction of sp³-hybridized carbons (Fsp3) is 0.0377.